The summed E-state index contributed by atoms with van der Waals surface area (Å²) in [4.78, 5) is 12.2. The van der Waals surface area contributed by atoms with Crippen LogP contribution in [-0.4, -0.2) is 12.1 Å². The molecule has 0 N–H and O–H groups in total. The first-order valence-electron chi connectivity index (χ1n) is 10.7. The molecular formula is C25H32O3. The van der Waals surface area contributed by atoms with Crippen LogP contribution in [0.1, 0.15) is 75.3 Å². The van der Waals surface area contributed by atoms with E-state index in [0.29, 0.717) is 13.0 Å². The third kappa shape index (κ3) is 6.12. The first kappa shape index (κ1) is 20.4. The Morgan fingerprint density at radius 1 is 1.00 bits per heavy atom. The lowest BCUT2D eigenvalue weighted by Gasteiger charge is -2.31. The van der Waals surface area contributed by atoms with Crippen LogP contribution >= 0.6 is 0 Å². The predicted molar refractivity (Wildman–Crippen MR) is 112 cm³/mol. The zero-order valence-corrected chi connectivity index (χ0v) is 16.9. The Balaban J connectivity index is 1.62. The Kier molecular flexibility index (Phi) is 7.95. The summed E-state index contributed by atoms with van der Waals surface area (Å²) in [6.45, 7) is 2.71. The van der Waals surface area contributed by atoms with Crippen molar-refractivity contribution in [1.29, 1.82) is 0 Å². The number of rotatable bonds is 9. The Bertz CT molecular complexity index is 726. The SMILES string of the molecule is CCCCCC(=O)OC1CCCCC1c1cccc(OCc2ccccc2)c1. The molecule has 150 valence electrons. The standard InChI is InChI=1S/C25H32O3/c1-2-3-5-17-25(26)28-24-16-9-8-15-23(24)21-13-10-14-22(18-21)27-19-20-11-6-4-7-12-20/h4,6-7,10-14,18,23-24H,2-3,5,8-9,15-17,19H2,1H3. The van der Waals surface area contributed by atoms with Gasteiger partial charge >= 0.3 is 5.97 Å². The number of carbonyl (C=O) groups excluding carboxylic acids is 1. The predicted octanol–water partition coefficient (Wildman–Crippen LogP) is 6.42. The van der Waals surface area contributed by atoms with Crippen molar-refractivity contribution in [2.45, 2.75) is 76.9 Å². The third-order valence-electron chi connectivity index (χ3n) is 5.50. The van der Waals surface area contributed by atoms with E-state index in [1.54, 1.807) is 0 Å². The van der Waals surface area contributed by atoms with E-state index in [-0.39, 0.29) is 18.0 Å². The van der Waals surface area contributed by atoms with Gasteiger partial charge in [0.05, 0.1) is 0 Å². The van der Waals surface area contributed by atoms with E-state index in [0.717, 1.165) is 49.8 Å². The Morgan fingerprint density at radius 2 is 1.82 bits per heavy atom. The summed E-state index contributed by atoms with van der Waals surface area (Å²) in [5, 5.41) is 0. The second-order valence-corrected chi connectivity index (χ2v) is 7.72. The fourth-order valence-electron chi connectivity index (χ4n) is 3.94. The smallest absolute Gasteiger partial charge is 0.306 e. The van der Waals surface area contributed by atoms with E-state index in [9.17, 15) is 4.79 Å². The number of hydrogen-bond acceptors (Lipinski definition) is 3. The van der Waals surface area contributed by atoms with E-state index < -0.39 is 0 Å². The van der Waals surface area contributed by atoms with Gasteiger partial charge in [0.1, 0.15) is 18.5 Å². The lowest BCUT2D eigenvalue weighted by molar-refractivity contribution is -0.151. The van der Waals surface area contributed by atoms with E-state index in [4.69, 9.17) is 9.47 Å². The van der Waals surface area contributed by atoms with Crippen LogP contribution in [0.15, 0.2) is 54.6 Å². The van der Waals surface area contributed by atoms with Crippen LogP contribution in [0.2, 0.25) is 0 Å². The minimum atomic E-state index is -0.0400. The molecule has 0 aromatic heterocycles. The fraction of sp³-hybridized carbons (Fsp3) is 0.480. The summed E-state index contributed by atoms with van der Waals surface area (Å²) >= 11 is 0. The highest BCUT2D eigenvalue weighted by Gasteiger charge is 2.29. The molecule has 3 heteroatoms. The molecular weight excluding hydrogens is 348 g/mol. The Morgan fingerprint density at radius 3 is 2.64 bits per heavy atom. The summed E-state index contributed by atoms with van der Waals surface area (Å²) in [5.41, 5.74) is 2.38. The minimum absolute atomic E-state index is 0.00718. The summed E-state index contributed by atoms with van der Waals surface area (Å²) in [6.07, 6.45) is 8.00. The number of carbonyl (C=O) groups is 1. The number of ether oxygens (including phenoxy) is 2. The average molecular weight is 381 g/mol. The van der Waals surface area contributed by atoms with Gasteiger partial charge in [-0.2, -0.15) is 0 Å². The van der Waals surface area contributed by atoms with Crippen LogP contribution in [-0.2, 0) is 16.1 Å². The normalized spacial score (nSPS) is 19.2. The van der Waals surface area contributed by atoms with Crippen molar-refractivity contribution in [3.8, 4) is 5.75 Å². The lowest BCUT2D eigenvalue weighted by Crippen LogP contribution is -2.28. The van der Waals surface area contributed by atoms with E-state index in [2.05, 4.69) is 31.2 Å². The second-order valence-electron chi connectivity index (χ2n) is 7.72. The third-order valence-corrected chi connectivity index (χ3v) is 5.50. The molecule has 2 aromatic rings. The van der Waals surface area contributed by atoms with Gasteiger partial charge in [0, 0.05) is 12.3 Å². The largest absolute Gasteiger partial charge is 0.489 e. The van der Waals surface area contributed by atoms with Crippen molar-refractivity contribution in [3.05, 3.63) is 65.7 Å². The monoisotopic (exact) mass is 380 g/mol. The first-order chi connectivity index (χ1) is 13.8. The van der Waals surface area contributed by atoms with Crippen LogP contribution in [0.5, 0.6) is 5.75 Å². The molecule has 0 bridgehead atoms. The minimum Gasteiger partial charge on any atom is -0.489 e. The molecule has 1 saturated carbocycles. The number of unbranched alkanes of at least 4 members (excludes halogenated alkanes) is 2. The van der Waals surface area contributed by atoms with Crippen molar-refractivity contribution in [2.24, 2.45) is 0 Å². The summed E-state index contributed by atoms with van der Waals surface area (Å²) in [7, 11) is 0. The molecule has 2 aromatic carbocycles. The van der Waals surface area contributed by atoms with E-state index in [1.165, 1.54) is 12.0 Å². The molecule has 3 rings (SSSR count). The Hall–Kier alpha value is -2.29. The number of hydrogen-bond donors (Lipinski definition) is 0. The second kappa shape index (κ2) is 10.9. The van der Waals surface area contributed by atoms with Gasteiger partial charge in [-0.25, -0.2) is 0 Å². The molecule has 2 atom stereocenters. The highest BCUT2D eigenvalue weighted by molar-refractivity contribution is 5.69. The van der Waals surface area contributed by atoms with Crippen LogP contribution in [0, 0.1) is 0 Å². The van der Waals surface area contributed by atoms with Crippen molar-refractivity contribution in [1.82, 2.24) is 0 Å². The van der Waals surface area contributed by atoms with Gasteiger partial charge in [0.15, 0.2) is 0 Å². The molecule has 1 fully saturated rings. The molecule has 0 heterocycles. The topological polar surface area (TPSA) is 35.5 Å². The van der Waals surface area contributed by atoms with Gasteiger partial charge in [-0.05, 0) is 48.9 Å². The van der Waals surface area contributed by atoms with Gasteiger partial charge < -0.3 is 9.47 Å². The van der Waals surface area contributed by atoms with E-state index in [1.807, 2.05) is 30.3 Å². The maximum absolute atomic E-state index is 12.2. The van der Waals surface area contributed by atoms with Gasteiger partial charge in [-0.1, -0.05) is 68.7 Å². The van der Waals surface area contributed by atoms with Crippen molar-refractivity contribution >= 4 is 5.97 Å². The Labute approximate surface area is 169 Å². The summed E-state index contributed by atoms with van der Waals surface area (Å²) in [5.74, 6) is 1.10. The van der Waals surface area contributed by atoms with Crippen molar-refractivity contribution in [3.63, 3.8) is 0 Å². The quantitative estimate of drug-likeness (QED) is 0.372. The molecule has 0 aliphatic heterocycles. The van der Waals surface area contributed by atoms with Crippen LogP contribution in [0.4, 0.5) is 0 Å². The summed E-state index contributed by atoms with van der Waals surface area (Å²) in [6, 6.07) is 18.5. The number of esters is 1. The van der Waals surface area contributed by atoms with Crippen molar-refractivity contribution < 1.29 is 14.3 Å². The maximum Gasteiger partial charge on any atom is 0.306 e. The van der Waals surface area contributed by atoms with Crippen molar-refractivity contribution in [2.75, 3.05) is 0 Å². The van der Waals surface area contributed by atoms with Crippen LogP contribution in [0.25, 0.3) is 0 Å². The lowest BCUT2D eigenvalue weighted by atomic mass is 9.81. The molecule has 2 unspecified atom stereocenters. The average Bonchev–Trinajstić information content (AvgIpc) is 2.74. The first-order valence-corrected chi connectivity index (χ1v) is 10.7. The van der Waals surface area contributed by atoms with Gasteiger partial charge in [-0.15, -0.1) is 0 Å². The molecule has 1 aliphatic rings. The molecule has 28 heavy (non-hydrogen) atoms. The molecule has 0 amide bonds. The number of benzene rings is 2. The molecule has 3 nitrogen and oxygen atoms in total. The molecule has 0 saturated heterocycles. The van der Waals surface area contributed by atoms with Gasteiger partial charge in [-0.3, -0.25) is 4.79 Å². The van der Waals surface area contributed by atoms with Gasteiger partial charge in [0.2, 0.25) is 0 Å². The highest BCUT2D eigenvalue weighted by atomic mass is 16.5. The van der Waals surface area contributed by atoms with Crippen LogP contribution < -0.4 is 4.74 Å². The van der Waals surface area contributed by atoms with Crippen LogP contribution in [0.3, 0.4) is 0 Å². The van der Waals surface area contributed by atoms with E-state index >= 15 is 0 Å². The maximum atomic E-state index is 12.2. The van der Waals surface area contributed by atoms with Gasteiger partial charge in [0.25, 0.3) is 0 Å². The molecule has 0 spiro atoms. The zero-order chi connectivity index (χ0) is 19.6. The highest BCUT2D eigenvalue weighted by Crippen LogP contribution is 2.36. The molecule has 1 aliphatic carbocycles. The fourth-order valence-corrected chi connectivity index (χ4v) is 3.94. The molecule has 0 radical (unpaired) electrons. The zero-order valence-electron chi connectivity index (χ0n) is 16.9. The summed E-state index contributed by atoms with van der Waals surface area (Å²) < 4.78 is 11.9.